The molecule has 206 valence electrons. The van der Waals surface area contributed by atoms with Gasteiger partial charge in [-0.05, 0) is 67.6 Å². The van der Waals surface area contributed by atoms with Crippen molar-refractivity contribution >= 4 is 21.4 Å². The Kier molecular flexibility index (Phi) is 6.52. The average Bonchev–Trinajstić information content (AvgIpc) is 3.50. The van der Waals surface area contributed by atoms with Gasteiger partial charge in [0.05, 0.1) is 18.9 Å². The second-order valence-corrected chi connectivity index (χ2v) is 13.0. The number of rotatable bonds is 7. The minimum Gasteiger partial charge on any atom is -0.497 e. The number of aliphatic hydroxyl groups excluding tert-OH is 1. The first kappa shape index (κ1) is 26.0. The number of hydrogen-bond donors (Lipinski definition) is 1. The number of ether oxygens (including phenoxy) is 1. The van der Waals surface area contributed by atoms with Crippen molar-refractivity contribution in [1.82, 2.24) is 14.7 Å². The van der Waals surface area contributed by atoms with Crippen molar-refractivity contribution in [3.8, 4) is 11.4 Å². The number of benzene rings is 2. The Morgan fingerprint density at radius 2 is 1.74 bits per heavy atom. The predicted octanol–water partition coefficient (Wildman–Crippen LogP) is 2.98. The summed E-state index contributed by atoms with van der Waals surface area (Å²) >= 11 is 0. The van der Waals surface area contributed by atoms with E-state index in [1.165, 1.54) is 16.7 Å². The van der Waals surface area contributed by atoms with Crippen LogP contribution in [0.1, 0.15) is 47.3 Å². The SMILES string of the molecule is COc1ccc(-n2nc(S(C)(=O)=O)c3c2C(=O)N(c2ccc(C4(CN5CC[C@@H](O)C5)CCC4)cc2)CC3)cc1. The van der Waals surface area contributed by atoms with Crippen LogP contribution in [0.4, 0.5) is 5.69 Å². The molecular formula is C29H34N4O5S. The Labute approximate surface area is 228 Å². The average molecular weight is 551 g/mol. The van der Waals surface area contributed by atoms with Gasteiger partial charge >= 0.3 is 0 Å². The molecule has 1 aliphatic carbocycles. The zero-order chi connectivity index (χ0) is 27.4. The van der Waals surface area contributed by atoms with E-state index in [-0.39, 0.29) is 28.1 Å². The summed E-state index contributed by atoms with van der Waals surface area (Å²) in [5, 5.41) is 14.3. The van der Waals surface area contributed by atoms with Gasteiger partial charge in [-0.25, -0.2) is 13.1 Å². The summed E-state index contributed by atoms with van der Waals surface area (Å²) in [5.41, 5.74) is 3.48. The molecule has 1 aromatic heterocycles. The van der Waals surface area contributed by atoms with Crippen LogP contribution in [0.2, 0.25) is 0 Å². The highest BCUT2D eigenvalue weighted by Gasteiger charge is 2.41. The number of sulfone groups is 1. The Hall–Kier alpha value is -3.21. The van der Waals surface area contributed by atoms with Crippen LogP contribution in [0.3, 0.4) is 0 Å². The number of anilines is 1. The molecule has 1 saturated heterocycles. The molecule has 0 bridgehead atoms. The standard InChI is InChI=1S/C29H34N4O5S/c1-38-24-10-8-22(9-11-24)33-26-25(27(30-33)39(2,36)37)13-17-32(28(26)35)21-6-4-20(5-7-21)29(14-3-15-29)19-31-16-12-23(34)18-31/h4-11,23,34H,3,12-19H2,1-2H3/t23-/m1/s1. The van der Waals surface area contributed by atoms with Gasteiger partial charge in [0.1, 0.15) is 11.4 Å². The number of β-amino-alcohol motifs (C(OH)–C–C–N with tert-alkyl or cyclic N) is 1. The Balaban J connectivity index is 1.31. The lowest BCUT2D eigenvalue weighted by Gasteiger charge is -2.45. The van der Waals surface area contributed by atoms with Crippen LogP contribution in [0.25, 0.3) is 5.69 Å². The van der Waals surface area contributed by atoms with Gasteiger partial charge in [-0.3, -0.25) is 9.69 Å². The molecule has 1 saturated carbocycles. The van der Waals surface area contributed by atoms with Gasteiger partial charge in [-0.1, -0.05) is 18.6 Å². The smallest absolute Gasteiger partial charge is 0.277 e. The molecule has 1 amide bonds. The summed E-state index contributed by atoms with van der Waals surface area (Å²) in [7, 11) is -2.06. The van der Waals surface area contributed by atoms with E-state index in [0.29, 0.717) is 30.0 Å². The van der Waals surface area contributed by atoms with Gasteiger partial charge < -0.3 is 14.7 Å². The molecule has 39 heavy (non-hydrogen) atoms. The first-order chi connectivity index (χ1) is 18.7. The maximum absolute atomic E-state index is 13.9. The number of carbonyl (C=O) groups is 1. The fourth-order valence-electron chi connectivity index (χ4n) is 6.30. The first-order valence-corrected chi connectivity index (χ1v) is 15.4. The number of fused-ring (bicyclic) bond motifs is 1. The number of aliphatic hydroxyl groups is 1. The lowest BCUT2D eigenvalue weighted by Crippen LogP contribution is -2.45. The van der Waals surface area contributed by atoms with E-state index in [1.807, 2.05) is 12.1 Å². The molecule has 1 N–H and O–H groups in total. The lowest BCUT2D eigenvalue weighted by molar-refractivity contribution is 0.0973. The molecular weight excluding hydrogens is 516 g/mol. The number of methoxy groups -OCH3 is 1. The quantitative estimate of drug-likeness (QED) is 0.482. The van der Waals surface area contributed by atoms with E-state index >= 15 is 0 Å². The summed E-state index contributed by atoms with van der Waals surface area (Å²) in [4.78, 5) is 18.0. The monoisotopic (exact) mass is 550 g/mol. The van der Waals surface area contributed by atoms with Gasteiger partial charge in [-0.2, -0.15) is 5.10 Å². The van der Waals surface area contributed by atoms with Crippen LogP contribution >= 0.6 is 0 Å². The molecule has 6 rings (SSSR count). The second-order valence-electron chi connectivity index (χ2n) is 11.1. The number of nitrogens with zero attached hydrogens (tertiary/aromatic N) is 4. The maximum atomic E-state index is 13.9. The first-order valence-electron chi connectivity index (χ1n) is 13.5. The summed E-state index contributed by atoms with van der Waals surface area (Å²) in [5.74, 6) is 0.382. The van der Waals surface area contributed by atoms with Crippen molar-refractivity contribution in [2.45, 2.75) is 48.6 Å². The number of likely N-dealkylation sites (tertiary alicyclic amines) is 1. The van der Waals surface area contributed by atoms with E-state index < -0.39 is 9.84 Å². The van der Waals surface area contributed by atoms with E-state index in [2.05, 4.69) is 22.1 Å². The van der Waals surface area contributed by atoms with E-state index in [4.69, 9.17) is 4.74 Å². The van der Waals surface area contributed by atoms with Crippen LogP contribution in [-0.2, 0) is 21.7 Å². The third kappa shape index (κ3) is 4.64. The molecule has 9 nitrogen and oxygen atoms in total. The third-order valence-electron chi connectivity index (χ3n) is 8.52. The zero-order valence-electron chi connectivity index (χ0n) is 22.3. The minimum atomic E-state index is -3.63. The number of aromatic nitrogens is 2. The number of hydrogen-bond acceptors (Lipinski definition) is 7. The molecule has 0 radical (unpaired) electrons. The molecule has 2 fully saturated rings. The van der Waals surface area contributed by atoms with Crippen molar-refractivity contribution in [3.63, 3.8) is 0 Å². The molecule has 3 aliphatic rings. The van der Waals surface area contributed by atoms with Crippen LogP contribution < -0.4 is 9.64 Å². The largest absolute Gasteiger partial charge is 0.497 e. The van der Waals surface area contributed by atoms with E-state index in [9.17, 15) is 18.3 Å². The number of amides is 1. The molecule has 2 aromatic carbocycles. The molecule has 3 heterocycles. The molecule has 3 aromatic rings. The summed E-state index contributed by atoms with van der Waals surface area (Å²) < 4.78 is 31.8. The Morgan fingerprint density at radius 3 is 2.31 bits per heavy atom. The summed E-state index contributed by atoms with van der Waals surface area (Å²) in [6.45, 7) is 2.99. The zero-order valence-corrected chi connectivity index (χ0v) is 23.2. The lowest BCUT2D eigenvalue weighted by atomic mass is 9.64. The van der Waals surface area contributed by atoms with Crippen molar-refractivity contribution in [2.75, 3.05) is 44.4 Å². The fourth-order valence-corrected chi connectivity index (χ4v) is 7.18. The van der Waals surface area contributed by atoms with Crippen molar-refractivity contribution in [3.05, 3.63) is 65.4 Å². The highest BCUT2D eigenvalue weighted by Crippen LogP contribution is 2.45. The van der Waals surface area contributed by atoms with E-state index in [0.717, 1.165) is 50.8 Å². The predicted molar refractivity (Wildman–Crippen MR) is 148 cm³/mol. The molecule has 2 aliphatic heterocycles. The number of carbonyl (C=O) groups excluding carboxylic acids is 1. The van der Waals surface area contributed by atoms with E-state index in [1.54, 1.807) is 36.3 Å². The molecule has 0 spiro atoms. The fraction of sp³-hybridized carbons (Fsp3) is 0.448. The van der Waals surface area contributed by atoms with Gasteiger partial charge in [-0.15, -0.1) is 0 Å². The molecule has 10 heteroatoms. The van der Waals surface area contributed by atoms with Crippen molar-refractivity contribution in [1.29, 1.82) is 0 Å². The highest BCUT2D eigenvalue weighted by molar-refractivity contribution is 7.90. The molecule has 0 unspecified atom stereocenters. The van der Waals surface area contributed by atoms with Gasteiger partial charge in [0.2, 0.25) is 0 Å². The van der Waals surface area contributed by atoms with Gasteiger partial charge in [0.25, 0.3) is 5.91 Å². The summed E-state index contributed by atoms with van der Waals surface area (Å²) in [6, 6.07) is 15.3. The van der Waals surface area contributed by atoms with Crippen LogP contribution in [0.15, 0.2) is 53.6 Å². The van der Waals surface area contributed by atoms with Crippen LogP contribution in [0, 0.1) is 0 Å². The topological polar surface area (TPSA) is 105 Å². The van der Waals surface area contributed by atoms with Crippen LogP contribution in [0.5, 0.6) is 5.75 Å². The molecule has 1 atom stereocenters. The maximum Gasteiger partial charge on any atom is 0.277 e. The summed E-state index contributed by atoms with van der Waals surface area (Å²) in [6.07, 6.45) is 5.58. The van der Waals surface area contributed by atoms with Gasteiger partial charge in [0.15, 0.2) is 14.9 Å². The highest BCUT2D eigenvalue weighted by atomic mass is 32.2. The van der Waals surface area contributed by atoms with Crippen LogP contribution in [-0.4, -0.2) is 79.8 Å². The second kappa shape index (κ2) is 9.76. The van der Waals surface area contributed by atoms with Crippen molar-refractivity contribution < 1.29 is 23.1 Å². The minimum absolute atomic E-state index is 0.0457. The van der Waals surface area contributed by atoms with Gasteiger partial charge in [0, 0.05) is 49.1 Å². The Morgan fingerprint density at radius 1 is 1.05 bits per heavy atom. The normalized spacial score (nSPS) is 21.1. The third-order valence-corrected chi connectivity index (χ3v) is 9.55. The van der Waals surface area contributed by atoms with Crippen molar-refractivity contribution in [2.24, 2.45) is 0 Å². The Bertz CT molecular complexity index is 1490.